The van der Waals surface area contributed by atoms with Crippen LogP contribution < -0.4 is 0 Å². The first-order valence-electron chi connectivity index (χ1n) is 5.65. The van der Waals surface area contributed by atoms with E-state index in [1.807, 2.05) is 13.8 Å². The fraction of sp³-hybridized carbons (Fsp3) is 0.500. The van der Waals surface area contributed by atoms with Crippen LogP contribution in [-0.2, 0) is 10.0 Å². The lowest BCUT2D eigenvalue weighted by atomic mass is 10.2. The van der Waals surface area contributed by atoms with Crippen molar-refractivity contribution in [3.63, 3.8) is 0 Å². The number of nitrogens with zero attached hydrogens (tertiary/aromatic N) is 1. The molecule has 0 amide bonds. The van der Waals surface area contributed by atoms with Gasteiger partial charge in [-0.3, -0.25) is 0 Å². The Morgan fingerprint density at radius 1 is 1.18 bits per heavy atom. The van der Waals surface area contributed by atoms with E-state index in [4.69, 9.17) is 11.6 Å². The number of hydrogen-bond donors (Lipinski definition) is 0. The number of alkyl halides is 1. The molecule has 0 heterocycles. The van der Waals surface area contributed by atoms with Gasteiger partial charge in [-0.25, -0.2) is 8.42 Å². The van der Waals surface area contributed by atoms with E-state index >= 15 is 0 Å². The summed E-state index contributed by atoms with van der Waals surface area (Å²) in [6, 6.07) is 6.89. The van der Waals surface area contributed by atoms with Crippen LogP contribution in [0.4, 0.5) is 0 Å². The molecule has 0 atom stereocenters. The molecule has 0 N–H and O–H groups in total. The van der Waals surface area contributed by atoms with E-state index in [1.165, 1.54) is 4.31 Å². The fourth-order valence-corrected chi connectivity index (χ4v) is 3.39. The second-order valence-electron chi connectivity index (χ2n) is 3.91. The molecular weight excluding hydrogens is 258 g/mol. The molecule has 0 unspecified atom stereocenters. The normalized spacial score (nSPS) is 12.0. The molecular formula is C12H18ClNO2S. The topological polar surface area (TPSA) is 37.4 Å². The van der Waals surface area contributed by atoms with Gasteiger partial charge in [-0.2, -0.15) is 4.31 Å². The summed E-state index contributed by atoms with van der Waals surface area (Å²) < 4.78 is 26.0. The van der Waals surface area contributed by atoms with Gasteiger partial charge in [0, 0.05) is 19.0 Å². The molecule has 1 aromatic rings. The van der Waals surface area contributed by atoms with Crippen LogP contribution >= 0.6 is 11.6 Å². The Bertz CT molecular complexity index is 436. The van der Waals surface area contributed by atoms with E-state index < -0.39 is 10.0 Å². The van der Waals surface area contributed by atoms with Crippen molar-refractivity contribution in [3.05, 3.63) is 29.8 Å². The Morgan fingerprint density at radius 2 is 1.76 bits per heavy atom. The Hall–Kier alpha value is -0.580. The van der Waals surface area contributed by atoms with Gasteiger partial charge < -0.3 is 0 Å². The van der Waals surface area contributed by atoms with Crippen LogP contribution in [0.15, 0.2) is 29.2 Å². The molecule has 0 fully saturated rings. The van der Waals surface area contributed by atoms with E-state index in [9.17, 15) is 8.42 Å². The first kappa shape index (κ1) is 14.5. The summed E-state index contributed by atoms with van der Waals surface area (Å²) in [6.45, 7) is 4.74. The monoisotopic (exact) mass is 275 g/mol. The van der Waals surface area contributed by atoms with Gasteiger partial charge in [0.05, 0.1) is 4.90 Å². The lowest BCUT2D eigenvalue weighted by Crippen LogP contribution is -2.33. The highest BCUT2D eigenvalue weighted by atomic mass is 35.5. The Kier molecular flexibility index (Phi) is 5.43. The van der Waals surface area contributed by atoms with Gasteiger partial charge in [-0.15, -0.1) is 11.6 Å². The highest BCUT2D eigenvalue weighted by Gasteiger charge is 2.22. The van der Waals surface area contributed by atoms with Gasteiger partial charge in [0.15, 0.2) is 0 Å². The molecule has 0 radical (unpaired) electrons. The number of halogens is 1. The van der Waals surface area contributed by atoms with Crippen molar-refractivity contribution in [2.45, 2.75) is 25.2 Å². The van der Waals surface area contributed by atoms with Crippen molar-refractivity contribution >= 4 is 21.6 Å². The zero-order chi connectivity index (χ0) is 12.9. The summed E-state index contributed by atoms with van der Waals surface area (Å²) in [7, 11) is -3.39. The predicted molar refractivity (Wildman–Crippen MR) is 70.9 cm³/mol. The molecule has 0 saturated carbocycles. The maximum Gasteiger partial charge on any atom is 0.243 e. The van der Waals surface area contributed by atoms with E-state index in [0.29, 0.717) is 23.9 Å². The number of aryl methyl sites for hydroxylation is 1. The SMILES string of the molecule is CCCN(CCCl)S(=O)(=O)c1ccc(C)cc1. The summed E-state index contributed by atoms with van der Waals surface area (Å²) in [5, 5.41) is 0. The summed E-state index contributed by atoms with van der Waals surface area (Å²) >= 11 is 5.64. The summed E-state index contributed by atoms with van der Waals surface area (Å²) in [5.41, 5.74) is 1.04. The molecule has 0 saturated heterocycles. The van der Waals surface area contributed by atoms with Crippen molar-refractivity contribution in [2.24, 2.45) is 0 Å². The highest BCUT2D eigenvalue weighted by molar-refractivity contribution is 7.89. The third-order valence-electron chi connectivity index (χ3n) is 2.47. The molecule has 96 valence electrons. The lowest BCUT2D eigenvalue weighted by Gasteiger charge is -2.20. The second-order valence-corrected chi connectivity index (χ2v) is 6.22. The first-order chi connectivity index (χ1) is 8.02. The molecule has 1 rings (SSSR count). The van der Waals surface area contributed by atoms with Crippen molar-refractivity contribution in [1.82, 2.24) is 4.31 Å². The molecule has 1 aromatic carbocycles. The van der Waals surface area contributed by atoms with Crippen molar-refractivity contribution in [1.29, 1.82) is 0 Å². The molecule has 3 nitrogen and oxygen atoms in total. The minimum Gasteiger partial charge on any atom is -0.207 e. The average molecular weight is 276 g/mol. The van der Waals surface area contributed by atoms with Crippen molar-refractivity contribution < 1.29 is 8.42 Å². The predicted octanol–water partition coefficient (Wildman–Crippen LogP) is 2.63. The molecule has 0 aromatic heterocycles. The number of benzene rings is 1. The smallest absolute Gasteiger partial charge is 0.207 e. The Labute approximate surface area is 108 Å². The van der Waals surface area contributed by atoms with Crippen LogP contribution in [0.25, 0.3) is 0 Å². The van der Waals surface area contributed by atoms with E-state index in [-0.39, 0.29) is 0 Å². The van der Waals surface area contributed by atoms with E-state index in [0.717, 1.165) is 12.0 Å². The van der Waals surface area contributed by atoms with Gasteiger partial charge >= 0.3 is 0 Å². The lowest BCUT2D eigenvalue weighted by molar-refractivity contribution is 0.428. The molecule has 0 aliphatic carbocycles. The summed E-state index contributed by atoms with van der Waals surface area (Å²) in [5.74, 6) is 0.311. The van der Waals surface area contributed by atoms with Crippen LogP contribution in [0.3, 0.4) is 0 Å². The molecule has 5 heteroatoms. The first-order valence-corrected chi connectivity index (χ1v) is 7.62. The van der Waals surface area contributed by atoms with E-state index in [1.54, 1.807) is 24.3 Å². The quantitative estimate of drug-likeness (QED) is 0.749. The third kappa shape index (κ3) is 3.69. The van der Waals surface area contributed by atoms with Crippen LogP contribution in [0.5, 0.6) is 0 Å². The Balaban J connectivity index is 3.02. The van der Waals surface area contributed by atoms with Crippen LogP contribution in [-0.4, -0.2) is 31.7 Å². The maximum absolute atomic E-state index is 12.3. The minimum atomic E-state index is -3.39. The number of hydrogen-bond acceptors (Lipinski definition) is 2. The fourth-order valence-electron chi connectivity index (χ4n) is 1.56. The van der Waals surface area contributed by atoms with Gasteiger partial charge in [0.25, 0.3) is 0 Å². The Morgan fingerprint density at radius 3 is 2.24 bits per heavy atom. The molecule has 17 heavy (non-hydrogen) atoms. The second kappa shape index (κ2) is 6.38. The highest BCUT2D eigenvalue weighted by Crippen LogP contribution is 2.16. The van der Waals surface area contributed by atoms with Crippen LogP contribution in [0.1, 0.15) is 18.9 Å². The minimum absolute atomic E-state index is 0.311. The zero-order valence-corrected chi connectivity index (χ0v) is 11.8. The third-order valence-corrected chi connectivity index (χ3v) is 4.55. The van der Waals surface area contributed by atoms with Gasteiger partial charge in [0.2, 0.25) is 10.0 Å². The van der Waals surface area contributed by atoms with E-state index in [2.05, 4.69) is 0 Å². The number of sulfonamides is 1. The molecule has 0 aliphatic rings. The van der Waals surface area contributed by atoms with Gasteiger partial charge in [-0.05, 0) is 25.5 Å². The largest absolute Gasteiger partial charge is 0.243 e. The maximum atomic E-state index is 12.3. The standard InChI is InChI=1S/C12H18ClNO2S/c1-3-9-14(10-8-13)17(15,16)12-6-4-11(2)5-7-12/h4-7H,3,8-10H2,1-2H3. The van der Waals surface area contributed by atoms with Gasteiger partial charge in [0.1, 0.15) is 0 Å². The average Bonchev–Trinajstić information content (AvgIpc) is 2.29. The van der Waals surface area contributed by atoms with Crippen molar-refractivity contribution in [3.8, 4) is 0 Å². The van der Waals surface area contributed by atoms with Crippen LogP contribution in [0.2, 0.25) is 0 Å². The molecule has 0 aliphatic heterocycles. The van der Waals surface area contributed by atoms with Crippen molar-refractivity contribution in [2.75, 3.05) is 19.0 Å². The summed E-state index contributed by atoms with van der Waals surface area (Å²) in [6.07, 6.45) is 0.780. The van der Waals surface area contributed by atoms with Gasteiger partial charge in [-0.1, -0.05) is 24.6 Å². The van der Waals surface area contributed by atoms with Crippen LogP contribution in [0, 0.1) is 6.92 Å². The zero-order valence-electron chi connectivity index (χ0n) is 10.2. The molecule has 0 spiro atoms. The summed E-state index contributed by atoms with van der Waals surface area (Å²) in [4.78, 5) is 0.335. The molecule has 0 bridgehead atoms. The number of rotatable bonds is 6.